The van der Waals surface area contributed by atoms with Crippen molar-refractivity contribution in [1.82, 2.24) is 10.2 Å². The first kappa shape index (κ1) is 8.72. The van der Waals surface area contributed by atoms with Crippen molar-refractivity contribution in [1.29, 1.82) is 0 Å². The molecule has 4 fully saturated rings. The summed E-state index contributed by atoms with van der Waals surface area (Å²) < 4.78 is 0. The van der Waals surface area contributed by atoms with Gasteiger partial charge in [-0.15, -0.1) is 0 Å². The zero-order chi connectivity index (χ0) is 9.54. The molecule has 3 aliphatic heterocycles. The lowest BCUT2D eigenvalue weighted by molar-refractivity contribution is -0.124. The molecule has 4 rings (SSSR count). The van der Waals surface area contributed by atoms with E-state index < -0.39 is 0 Å². The summed E-state index contributed by atoms with van der Waals surface area (Å²) in [6.45, 7) is 3.60. The molecule has 0 spiro atoms. The monoisotopic (exact) mass is 194 g/mol. The fourth-order valence-corrected chi connectivity index (χ4v) is 2.77. The van der Waals surface area contributed by atoms with Crippen molar-refractivity contribution in [3.63, 3.8) is 0 Å². The lowest BCUT2D eigenvalue weighted by atomic mass is 9.84. The van der Waals surface area contributed by atoms with Gasteiger partial charge >= 0.3 is 0 Å². The van der Waals surface area contributed by atoms with E-state index in [9.17, 15) is 4.79 Å². The summed E-state index contributed by atoms with van der Waals surface area (Å²) in [5.74, 6) is 1.46. The van der Waals surface area contributed by atoms with Gasteiger partial charge in [0, 0.05) is 18.5 Å². The number of hydrogen-bond acceptors (Lipinski definition) is 2. The van der Waals surface area contributed by atoms with Crippen LogP contribution in [-0.2, 0) is 4.79 Å². The van der Waals surface area contributed by atoms with Crippen LogP contribution in [0.2, 0.25) is 0 Å². The van der Waals surface area contributed by atoms with Crippen LogP contribution in [-0.4, -0.2) is 36.5 Å². The number of nitrogens with zero attached hydrogens (tertiary/aromatic N) is 1. The molecule has 2 bridgehead atoms. The van der Waals surface area contributed by atoms with Crippen LogP contribution in [0.25, 0.3) is 0 Å². The lowest BCUT2D eigenvalue weighted by Gasteiger charge is -2.45. The number of carbonyl (C=O) groups is 1. The second-order valence-electron chi connectivity index (χ2n) is 5.03. The smallest absolute Gasteiger partial charge is 0.223 e. The molecule has 1 saturated carbocycles. The fraction of sp³-hybridized carbons (Fsp3) is 0.909. The van der Waals surface area contributed by atoms with E-state index in [1.807, 2.05) is 0 Å². The van der Waals surface area contributed by atoms with E-state index in [0.29, 0.717) is 17.9 Å². The highest BCUT2D eigenvalue weighted by Gasteiger charge is 2.37. The minimum Gasteiger partial charge on any atom is -0.352 e. The highest BCUT2D eigenvalue weighted by molar-refractivity contribution is 5.81. The molecule has 0 unspecified atom stereocenters. The van der Waals surface area contributed by atoms with Crippen LogP contribution in [0.5, 0.6) is 0 Å². The topological polar surface area (TPSA) is 32.3 Å². The number of amides is 1. The van der Waals surface area contributed by atoms with Crippen LogP contribution in [0.3, 0.4) is 0 Å². The molecule has 1 N–H and O–H groups in total. The number of fused-ring (bicyclic) bond motifs is 3. The minimum atomic E-state index is 0.323. The van der Waals surface area contributed by atoms with Crippen molar-refractivity contribution in [3.8, 4) is 0 Å². The van der Waals surface area contributed by atoms with Gasteiger partial charge in [0.05, 0.1) is 0 Å². The van der Waals surface area contributed by atoms with Crippen LogP contribution in [0.4, 0.5) is 0 Å². The van der Waals surface area contributed by atoms with Gasteiger partial charge in [0.25, 0.3) is 0 Å². The van der Waals surface area contributed by atoms with Crippen LogP contribution in [0.1, 0.15) is 25.7 Å². The summed E-state index contributed by atoms with van der Waals surface area (Å²) in [5, 5.41) is 3.23. The Labute approximate surface area is 84.8 Å². The van der Waals surface area contributed by atoms with Gasteiger partial charge in [-0.25, -0.2) is 0 Å². The minimum absolute atomic E-state index is 0.323. The summed E-state index contributed by atoms with van der Waals surface area (Å²) >= 11 is 0. The average molecular weight is 194 g/mol. The van der Waals surface area contributed by atoms with Crippen molar-refractivity contribution < 1.29 is 4.79 Å². The van der Waals surface area contributed by atoms with Crippen molar-refractivity contribution >= 4 is 5.91 Å². The van der Waals surface area contributed by atoms with Crippen molar-refractivity contribution in [2.75, 3.05) is 19.6 Å². The summed E-state index contributed by atoms with van der Waals surface area (Å²) in [4.78, 5) is 14.1. The van der Waals surface area contributed by atoms with Crippen LogP contribution < -0.4 is 5.32 Å². The van der Waals surface area contributed by atoms with Crippen LogP contribution >= 0.6 is 0 Å². The zero-order valence-electron chi connectivity index (χ0n) is 8.54. The van der Waals surface area contributed by atoms with Crippen LogP contribution in [0, 0.1) is 11.8 Å². The number of nitrogens with one attached hydrogen (secondary N) is 1. The van der Waals surface area contributed by atoms with Crippen molar-refractivity contribution in [3.05, 3.63) is 0 Å². The zero-order valence-corrected chi connectivity index (χ0v) is 8.54. The SMILES string of the molecule is O=C(N[C@H]1CN2CCC1CC2)C1CC1. The molecule has 14 heavy (non-hydrogen) atoms. The third-order valence-electron chi connectivity index (χ3n) is 3.93. The van der Waals surface area contributed by atoms with Gasteiger partial charge in [0.15, 0.2) is 0 Å². The summed E-state index contributed by atoms with van der Waals surface area (Å²) in [7, 11) is 0. The Morgan fingerprint density at radius 3 is 2.36 bits per heavy atom. The van der Waals surface area contributed by atoms with E-state index >= 15 is 0 Å². The molecule has 1 aliphatic carbocycles. The molecule has 3 saturated heterocycles. The quantitative estimate of drug-likeness (QED) is 0.698. The molecule has 0 aromatic rings. The van der Waals surface area contributed by atoms with Gasteiger partial charge in [0.1, 0.15) is 0 Å². The number of carbonyl (C=O) groups excluding carboxylic acids is 1. The molecule has 4 aliphatic rings. The number of rotatable bonds is 2. The normalized spacial score (nSPS) is 41.0. The molecule has 0 aromatic heterocycles. The predicted octanol–water partition coefficient (Wildman–Crippen LogP) is 0.607. The van der Waals surface area contributed by atoms with E-state index in [4.69, 9.17) is 0 Å². The second-order valence-corrected chi connectivity index (χ2v) is 5.03. The Morgan fingerprint density at radius 1 is 1.14 bits per heavy atom. The molecule has 3 heteroatoms. The number of hydrogen-bond donors (Lipinski definition) is 1. The molecule has 0 radical (unpaired) electrons. The molecule has 3 nitrogen and oxygen atoms in total. The van der Waals surface area contributed by atoms with E-state index in [-0.39, 0.29) is 0 Å². The Morgan fingerprint density at radius 2 is 1.86 bits per heavy atom. The van der Waals surface area contributed by atoms with E-state index in [1.165, 1.54) is 25.9 Å². The fourth-order valence-electron chi connectivity index (χ4n) is 2.77. The first-order chi connectivity index (χ1) is 6.83. The maximum Gasteiger partial charge on any atom is 0.223 e. The highest BCUT2D eigenvalue weighted by atomic mass is 16.2. The lowest BCUT2D eigenvalue weighted by Crippen LogP contribution is -2.57. The largest absolute Gasteiger partial charge is 0.352 e. The molecule has 1 amide bonds. The highest BCUT2D eigenvalue weighted by Crippen LogP contribution is 2.31. The molecule has 0 aromatic carbocycles. The molecule has 1 atom stereocenters. The van der Waals surface area contributed by atoms with E-state index in [0.717, 1.165) is 25.3 Å². The standard InChI is InChI=1S/C11H18N2O/c14-11(9-1-2-9)12-10-7-13-5-3-8(10)4-6-13/h8-10H,1-7H2,(H,12,14)/t10-/m0/s1. The average Bonchev–Trinajstić information content (AvgIpc) is 3.02. The third kappa shape index (κ3) is 1.54. The Hall–Kier alpha value is -0.570. The molecular weight excluding hydrogens is 176 g/mol. The first-order valence-corrected chi connectivity index (χ1v) is 5.85. The maximum atomic E-state index is 11.6. The molecule has 3 heterocycles. The Balaban J connectivity index is 1.59. The Bertz CT molecular complexity index is 242. The van der Waals surface area contributed by atoms with Gasteiger partial charge in [-0.2, -0.15) is 0 Å². The maximum absolute atomic E-state index is 11.6. The summed E-state index contributed by atoms with van der Waals surface area (Å²) in [5.41, 5.74) is 0. The van der Waals surface area contributed by atoms with Gasteiger partial charge in [-0.05, 0) is 44.7 Å². The van der Waals surface area contributed by atoms with Gasteiger partial charge in [-0.3, -0.25) is 4.79 Å². The van der Waals surface area contributed by atoms with Crippen LogP contribution in [0.15, 0.2) is 0 Å². The summed E-state index contributed by atoms with van der Waals surface area (Å²) in [6, 6.07) is 0.464. The number of piperidine rings is 3. The molecular formula is C11H18N2O. The van der Waals surface area contributed by atoms with Gasteiger partial charge < -0.3 is 10.2 Å². The Kier molecular flexibility index (Phi) is 2.01. The van der Waals surface area contributed by atoms with Crippen molar-refractivity contribution in [2.45, 2.75) is 31.7 Å². The third-order valence-corrected chi connectivity index (χ3v) is 3.93. The second kappa shape index (κ2) is 3.23. The van der Waals surface area contributed by atoms with E-state index in [2.05, 4.69) is 10.2 Å². The van der Waals surface area contributed by atoms with Crippen molar-refractivity contribution in [2.24, 2.45) is 11.8 Å². The van der Waals surface area contributed by atoms with Gasteiger partial charge in [-0.1, -0.05) is 0 Å². The predicted molar refractivity (Wildman–Crippen MR) is 53.8 cm³/mol. The molecule has 78 valence electrons. The van der Waals surface area contributed by atoms with Gasteiger partial charge in [0.2, 0.25) is 5.91 Å². The summed E-state index contributed by atoms with van der Waals surface area (Å²) in [6.07, 6.45) is 4.81. The van der Waals surface area contributed by atoms with E-state index in [1.54, 1.807) is 0 Å². The first-order valence-electron chi connectivity index (χ1n) is 5.85.